The average Bonchev–Trinajstić information content (AvgIpc) is 3.74. The maximum Gasteiger partial charge on any atom is 0.156 e. The number of aromatic nitrogens is 6. The summed E-state index contributed by atoms with van der Waals surface area (Å²) in [6.45, 7) is 4.70. The molecule has 3 N–H and O–H groups in total. The van der Waals surface area contributed by atoms with E-state index in [9.17, 15) is 4.39 Å². The number of halogens is 1. The third kappa shape index (κ3) is 5.57. The number of methoxy groups -OCH3 is 1. The van der Waals surface area contributed by atoms with Crippen LogP contribution in [-0.4, -0.2) is 79.5 Å². The zero-order valence-electron chi connectivity index (χ0n) is 24.5. The first kappa shape index (κ1) is 28.5. The summed E-state index contributed by atoms with van der Waals surface area (Å²) in [5.74, 6) is 0.544. The second kappa shape index (κ2) is 12.4. The highest BCUT2D eigenvalue weighted by Crippen LogP contribution is 2.45. The van der Waals surface area contributed by atoms with E-state index >= 15 is 0 Å². The number of ether oxygens (including phenoxy) is 1. The van der Waals surface area contributed by atoms with Gasteiger partial charge in [-0.3, -0.25) is 14.3 Å². The predicted octanol–water partition coefficient (Wildman–Crippen LogP) is 4.61. The first-order valence-electron chi connectivity index (χ1n) is 14.8. The minimum absolute atomic E-state index is 0.247. The highest BCUT2D eigenvalue weighted by molar-refractivity contribution is 7.22. The van der Waals surface area contributed by atoms with E-state index in [1.54, 1.807) is 36.9 Å². The fourth-order valence-electron chi connectivity index (χ4n) is 6.03. The van der Waals surface area contributed by atoms with Gasteiger partial charge in [0.25, 0.3) is 0 Å². The molecule has 0 fully saturated rings. The van der Waals surface area contributed by atoms with Crippen molar-refractivity contribution in [3.63, 3.8) is 0 Å². The molecule has 226 valence electrons. The Kier molecular flexibility index (Phi) is 8.05. The molecule has 44 heavy (non-hydrogen) atoms. The normalized spacial score (nSPS) is 12.7. The van der Waals surface area contributed by atoms with Gasteiger partial charge in [-0.2, -0.15) is 10.2 Å². The fraction of sp³-hybridized carbons (Fsp3) is 0.312. The molecular weight excluding hydrogens is 579 g/mol. The van der Waals surface area contributed by atoms with E-state index in [2.05, 4.69) is 36.0 Å². The number of thiophene rings is 1. The lowest BCUT2D eigenvalue weighted by atomic mass is 9.95. The summed E-state index contributed by atoms with van der Waals surface area (Å²) in [7, 11) is 1.71. The van der Waals surface area contributed by atoms with Crippen LogP contribution in [0.5, 0.6) is 0 Å². The summed E-state index contributed by atoms with van der Waals surface area (Å²) < 4.78 is 23.0. The molecule has 6 aromatic rings. The average molecular weight is 614 g/mol. The van der Waals surface area contributed by atoms with Crippen molar-refractivity contribution in [3.05, 3.63) is 83.8 Å². The van der Waals surface area contributed by atoms with Crippen molar-refractivity contribution in [2.75, 3.05) is 45.3 Å². The number of aryl methyl sites for hydroxylation is 1. The lowest BCUT2D eigenvalue weighted by molar-refractivity contribution is 0.127. The van der Waals surface area contributed by atoms with Gasteiger partial charge in [0.1, 0.15) is 22.8 Å². The Hall–Kier alpha value is -4.23. The molecule has 0 bridgehead atoms. The monoisotopic (exact) mass is 613 g/mol. The largest absolute Gasteiger partial charge is 0.444 e. The number of hydrogen-bond donors (Lipinski definition) is 1. The number of nitrogens with one attached hydrogen (secondary N) is 1. The van der Waals surface area contributed by atoms with Crippen molar-refractivity contribution in [2.45, 2.75) is 25.9 Å². The number of nitrogens with zero attached hydrogens (tertiary/aromatic N) is 7. The summed E-state index contributed by atoms with van der Waals surface area (Å²) in [6.07, 6.45) is 7.23. The SMILES string of the molecule is COCCN(CC[OH2+])CCn1ncc2c1CCc1c-2sc2ncnc(Nc3ccc4c(cnn4Cc4cccc(F)c4)c3)c12. The molecule has 0 unspecified atom stereocenters. The molecular formula is C32H34FN8O2S+. The summed E-state index contributed by atoms with van der Waals surface area (Å²) in [4.78, 5) is 13.7. The van der Waals surface area contributed by atoms with Gasteiger partial charge in [0.15, 0.2) is 6.61 Å². The first-order chi connectivity index (χ1) is 21.6. The van der Waals surface area contributed by atoms with Gasteiger partial charge in [-0.15, -0.1) is 11.3 Å². The van der Waals surface area contributed by atoms with E-state index < -0.39 is 0 Å². The van der Waals surface area contributed by atoms with Gasteiger partial charge in [0.2, 0.25) is 0 Å². The standard InChI is InChI=1S/C32H33FN8O2S/c1-43-14-12-39(11-13-42)9-10-40-28-8-6-25-29-31(34-20-35-32(29)44-30(25)26(28)18-37-40)38-24-5-7-27-22(16-24)17-36-41(27)19-21-3-2-4-23(33)15-21/h2-5,7,15-18,20,42H,6,8-14,19H2,1H3,(H,34,35,38)/p+1. The molecule has 0 spiro atoms. The van der Waals surface area contributed by atoms with Crippen LogP contribution >= 0.6 is 11.3 Å². The van der Waals surface area contributed by atoms with Crippen LogP contribution in [-0.2, 0) is 30.7 Å². The van der Waals surface area contributed by atoms with E-state index in [-0.39, 0.29) is 5.82 Å². The van der Waals surface area contributed by atoms with Crippen molar-refractivity contribution in [1.29, 1.82) is 0 Å². The Morgan fingerprint density at radius 1 is 1.05 bits per heavy atom. The lowest BCUT2D eigenvalue weighted by Crippen LogP contribution is -2.33. The summed E-state index contributed by atoms with van der Waals surface area (Å²) in [5.41, 5.74) is 6.45. The molecule has 0 saturated heterocycles. The van der Waals surface area contributed by atoms with Crippen LogP contribution in [0.3, 0.4) is 0 Å². The van der Waals surface area contributed by atoms with Gasteiger partial charge in [-0.05, 0) is 54.3 Å². The van der Waals surface area contributed by atoms with Crippen molar-refractivity contribution in [2.24, 2.45) is 0 Å². The van der Waals surface area contributed by atoms with Crippen molar-refractivity contribution >= 4 is 44.0 Å². The molecule has 2 aromatic carbocycles. The Morgan fingerprint density at radius 3 is 2.82 bits per heavy atom. The molecule has 0 aliphatic heterocycles. The molecule has 7 rings (SSSR count). The molecule has 0 saturated carbocycles. The lowest BCUT2D eigenvalue weighted by Gasteiger charge is -2.21. The Bertz CT molecular complexity index is 1930. The van der Waals surface area contributed by atoms with Crippen molar-refractivity contribution < 1.29 is 14.2 Å². The molecule has 4 heterocycles. The van der Waals surface area contributed by atoms with Crippen LogP contribution in [0, 0.1) is 5.82 Å². The van der Waals surface area contributed by atoms with Gasteiger partial charge >= 0.3 is 0 Å². The van der Waals surface area contributed by atoms with Gasteiger partial charge < -0.3 is 15.2 Å². The van der Waals surface area contributed by atoms with Crippen LogP contribution < -0.4 is 5.32 Å². The highest BCUT2D eigenvalue weighted by atomic mass is 32.1. The van der Waals surface area contributed by atoms with Gasteiger partial charge in [-0.1, -0.05) is 12.1 Å². The summed E-state index contributed by atoms with van der Waals surface area (Å²) in [5, 5.41) is 22.6. The Morgan fingerprint density at radius 2 is 1.95 bits per heavy atom. The first-order valence-corrected chi connectivity index (χ1v) is 15.6. The van der Waals surface area contributed by atoms with Gasteiger partial charge in [0, 0.05) is 47.4 Å². The Labute approximate surface area is 257 Å². The van der Waals surface area contributed by atoms with Crippen LogP contribution in [0.1, 0.15) is 16.8 Å². The van der Waals surface area contributed by atoms with Crippen LogP contribution in [0.15, 0.2) is 61.2 Å². The highest BCUT2D eigenvalue weighted by Gasteiger charge is 2.27. The smallest absolute Gasteiger partial charge is 0.156 e. The van der Waals surface area contributed by atoms with Crippen LogP contribution in [0.2, 0.25) is 0 Å². The topological polar surface area (TPSA) is 109 Å². The van der Waals surface area contributed by atoms with E-state index in [4.69, 9.17) is 14.9 Å². The second-order valence-corrected chi connectivity index (χ2v) is 12.0. The van der Waals surface area contributed by atoms with Crippen LogP contribution in [0.4, 0.5) is 15.9 Å². The molecule has 12 heteroatoms. The Balaban J connectivity index is 1.13. The zero-order chi connectivity index (χ0) is 30.0. The van der Waals surface area contributed by atoms with Gasteiger partial charge in [0.05, 0.1) is 49.5 Å². The van der Waals surface area contributed by atoms with Crippen molar-refractivity contribution in [3.8, 4) is 10.4 Å². The van der Waals surface area contributed by atoms with E-state index in [1.807, 2.05) is 35.3 Å². The van der Waals surface area contributed by atoms with E-state index in [0.717, 1.165) is 77.2 Å². The summed E-state index contributed by atoms with van der Waals surface area (Å²) >= 11 is 1.70. The third-order valence-corrected chi connectivity index (χ3v) is 9.36. The minimum Gasteiger partial charge on any atom is -0.444 e. The number of anilines is 2. The molecule has 0 amide bonds. The quantitative estimate of drug-likeness (QED) is 0.201. The second-order valence-electron chi connectivity index (χ2n) is 11.0. The number of hydrogen-bond acceptors (Lipinski definition) is 8. The fourth-order valence-corrected chi connectivity index (χ4v) is 7.25. The molecule has 0 radical (unpaired) electrons. The molecule has 10 nitrogen and oxygen atoms in total. The number of rotatable bonds is 12. The molecule has 1 aliphatic carbocycles. The van der Waals surface area contributed by atoms with Crippen molar-refractivity contribution in [1.82, 2.24) is 34.4 Å². The van der Waals surface area contributed by atoms with Gasteiger partial charge in [-0.25, -0.2) is 14.4 Å². The minimum atomic E-state index is -0.247. The third-order valence-electron chi connectivity index (χ3n) is 8.19. The van der Waals surface area contributed by atoms with Crippen LogP contribution in [0.25, 0.3) is 31.6 Å². The molecule has 1 aliphatic rings. The predicted molar refractivity (Wildman–Crippen MR) is 171 cm³/mol. The zero-order valence-corrected chi connectivity index (χ0v) is 25.3. The molecule has 0 atom stereocenters. The van der Waals surface area contributed by atoms with E-state index in [1.165, 1.54) is 27.8 Å². The summed E-state index contributed by atoms with van der Waals surface area (Å²) in [6, 6.07) is 12.7. The molecule has 4 aromatic heterocycles. The number of fused-ring (bicyclic) bond motifs is 6. The van der Waals surface area contributed by atoms with E-state index in [0.29, 0.717) is 19.8 Å². The maximum absolute atomic E-state index is 13.7. The maximum atomic E-state index is 13.7. The number of benzene rings is 2.